The zero-order chi connectivity index (χ0) is 14.8. The molecule has 2 aromatic heterocycles. The number of hydrogen-bond acceptors (Lipinski definition) is 3. The molecule has 0 bridgehead atoms. The van der Waals surface area contributed by atoms with Crippen LogP contribution in [0.15, 0.2) is 42.6 Å². The van der Waals surface area contributed by atoms with Crippen LogP contribution in [0.2, 0.25) is 0 Å². The lowest BCUT2D eigenvalue weighted by Crippen LogP contribution is -2.24. The molecular formula is C17H20N4. The zero-order valence-electron chi connectivity index (χ0n) is 12.7. The van der Waals surface area contributed by atoms with E-state index in [1.165, 1.54) is 11.3 Å². The molecule has 0 aliphatic carbocycles. The SMILES string of the molecule is CCNC(c1ccc2cccnc2c1)c1cc(C)nn1C. The lowest BCUT2D eigenvalue weighted by atomic mass is 10.0. The van der Waals surface area contributed by atoms with Gasteiger partial charge in [-0.3, -0.25) is 9.67 Å². The second-order valence-corrected chi connectivity index (χ2v) is 5.28. The van der Waals surface area contributed by atoms with Crippen molar-refractivity contribution in [1.29, 1.82) is 0 Å². The first-order valence-corrected chi connectivity index (χ1v) is 7.27. The first-order valence-electron chi connectivity index (χ1n) is 7.27. The molecule has 2 heterocycles. The van der Waals surface area contributed by atoms with Crippen molar-refractivity contribution in [2.45, 2.75) is 19.9 Å². The van der Waals surface area contributed by atoms with Crippen molar-refractivity contribution in [2.75, 3.05) is 6.54 Å². The molecule has 1 unspecified atom stereocenters. The summed E-state index contributed by atoms with van der Waals surface area (Å²) in [5.74, 6) is 0. The average Bonchev–Trinajstić information content (AvgIpc) is 2.83. The minimum Gasteiger partial charge on any atom is -0.305 e. The maximum Gasteiger partial charge on any atom is 0.0748 e. The van der Waals surface area contributed by atoms with Crippen LogP contribution in [0.3, 0.4) is 0 Å². The topological polar surface area (TPSA) is 42.7 Å². The summed E-state index contributed by atoms with van der Waals surface area (Å²) >= 11 is 0. The quantitative estimate of drug-likeness (QED) is 0.799. The van der Waals surface area contributed by atoms with Crippen molar-refractivity contribution in [3.8, 4) is 0 Å². The van der Waals surface area contributed by atoms with Gasteiger partial charge >= 0.3 is 0 Å². The third-order valence-corrected chi connectivity index (χ3v) is 3.71. The standard InChI is InChI=1S/C17H20N4/c1-4-18-17(16-10-12(2)20-21(16)3)14-8-7-13-6-5-9-19-15(13)11-14/h5-11,17-18H,4H2,1-3H3. The molecule has 0 aliphatic rings. The number of nitrogens with zero attached hydrogens (tertiary/aromatic N) is 3. The minimum atomic E-state index is 0.132. The van der Waals surface area contributed by atoms with E-state index in [9.17, 15) is 0 Å². The highest BCUT2D eigenvalue weighted by atomic mass is 15.3. The Morgan fingerprint density at radius 3 is 2.81 bits per heavy atom. The van der Waals surface area contributed by atoms with Gasteiger partial charge in [0.2, 0.25) is 0 Å². The van der Waals surface area contributed by atoms with Gasteiger partial charge < -0.3 is 5.32 Å². The molecule has 1 atom stereocenters. The van der Waals surface area contributed by atoms with Gasteiger partial charge in [0.15, 0.2) is 0 Å². The summed E-state index contributed by atoms with van der Waals surface area (Å²) < 4.78 is 1.95. The third kappa shape index (κ3) is 2.67. The fourth-order valence-electron chi connectivity index (χ4n) is 2.76. The Hall–Kier alpha value is -2.20. The number of pyridine rings is 1. The number of hydrogen-bond donors (Lipinski definition) is 1. The largest absolute Gasteiger partial charge is 0.305 e. The molecule has 4 heteroatoms. The molecule has 0 aliphatic heterocycles. The molecule has 3 aromatic rings. The van der Waals surface area contributed by atoms with Crippen LogP contribution in [0.1, 0.15) is 29.9 Å². The number of fused-ring (bicyclic) bond motifs is 1. The van der Waals surface area contributed by atoms with E-state index in [4.69, 9.17) is 0 Å². The van der Waals surface area contributed by atoms with Gasteiger partial charge in [-0.1, -0.05) is 25.1 Å². The molecule has 0 saturated carbocycles. The lowest BCUT2D eigenvalue weighted by Gasteiger charge is -2.19. The predicted octanol–water partition coefficient (Wildman–Crippen LogP) is 2.98. The van der Waals surface area contributed by atoms with Crippen LogP contribution < -0.4 is 5.32 Å². The van der Waals surface area contributed by atoms with Crippen molar-refractivity contribution in [1.82, 2.24) is 20.1 Å². The number of nitrogens with one attached hydrogen (secondary N) is 1. The van der Waals surface area contributed by atoms with Gasteiger partial charge in [-0.25, -0.2) is 0 Å². The van der Waals surface area contributed by atoms with E-state index < -0.39 is 0 Å². The monoisotopic (exact) mass is 280 g/mol. The minimum absolute atomic E-state index is 0.132. The highest BCUT2D eigenvalue weighted by Crippen LogP contribution is 2.25. The van der Waals surface area contributed by atoms with Gasteiger partial charge in [-0.15, -0.1) is 0 Å². The summed E-state index contributed by atoms with van der Waals surface area (Å²) in [5.41, 5.74) is 4.45. The molecule has 1 aromatic carbocycles. The van der Waals surface area contributed by atoms with Gasteiger partial charge in [-0.05, 0) is 37.2 Å². The Bertz CT molecular complexity index is 760. The Labute approximate surface area is 124 Å². The molecule has 0 spiro atoms. The molecule has 3 rings (SSSR count). The van der Waals surface area contributed by atoms with Crippen molar-refractivity contribution < 1.29 is 0 Å². The maximum atomic E-state index is 4.46. The summed E-state index contributed by atoms with van der Waals surface area (Å²) in [5, 5.41) is 9.17. The second-order valence-electron chi connectivity index (χ2n) is 5.28. The van der Waals surface area contributed by atoms with Crippen molar-refractivity contribution in [3.05, 3.63) is 59.5 Å². The fourth-order valence-corrected chi connectivity index (χ4v) is 2.76. The molecule has 0 fully saturated rings. The number of aromatic nitrogens is 3. The highest BCUT2D eigenvalue weighted by molar-refractivity contribution is 5.79. The van der Waals surface area contributed by atoms with Crippen LogP contribution >= 0.6 is 0 Å². The van der Waals surface area contributed by atoms with Gasteiger partial charge in [0, 0.05) is 18.6 Å². The van der Waals surface area contributed by atoms with Crippen LogP contribution in [-0.2, 0) is 7.05 Å². The number of aryl methyl sites for hydroxylation is 2. The molecule has 0 saturated heterocycles. The summed E-state index contributed by atoms with van der Waals surface area (Å²) in [6, 6.07) is 12.8. The Morgan fingerprint density at radius 2 is 2.10 bits per heavy atom. The van der Waals surface area contributed by atoms with E-state index in [1.807, 2.05) is 30.9 Å². The fraction of sp³-hybridized carbons (Fsp3) is 0.294. The summed E-state index contributed by atoms with van der Waals surface area (Å²) in [6.45, 7) is 5.04. The van der Waals surface area contributed by atoms with Gasteiger partial charge in [0.25, 0.3) is 0 Å². The van der Waals surface area contributed by atoms with Crippen LogP contribution in [0.4, 0.5) is 0 Å². The Kier molecular flexibility index (Phi) is 3.71. The third-order valence-electron chi connectivity index (χ3n) is 3.71. The number of benzene rings is 1. The van der Waals surface area contributed by atoms with Crippen molar-refractivity contribution >= 4 is 10.9 Å². The average molecular weight is 280 g/mol. The summed E-state index contributed by atoms with van der Waals surface area (Å²) in [4.78, 5) is 4.46. The molecular weight excluding hydrogens is 260 g/mol. The maximum absolute atomic E-state index is 4.46. The van der Waals surface area contributed by atoms with E-state index in [0.717, 1.165) is 23.1 Å². The molecule has 0 radical (unpaired) electrons. The van der Waals surface area contributed by atoms with Gasteiger partial charge in [0.1, 0.15) is 0 Å². The summed E-state index contributed by atoms with van der Waals surface area (Å²) in [7, 11) is 1.99. The van der Waals surface area contributed by atoms with Crippen LogP contribution in [0.25, 0.3) is 10.9 Å². The van der Waals surface area contributed by atoms with Gasteiger partial charge in [0.05, 0.1) is 22.9 Å². The first-order chi connectivity index (χ1) is 10.2. The highest BCUT2D eigenvalue weighted by Gasteiger charge is 2.17. The Balaban J connectivity index is 2.08. The lowest BCUT2D eigenvalue weighted by molar-refractivity contribution is 0.572. The molecule has 21 heavy (non-hydrogen) atoms. The predicted molar refractivity (Wildman–Crippen MR) is 85.2 cm³/mol. The van der Waals surface area contributed by atoms with E-state index in [1.54, 1.807) is 0 Å². The zero-order valence-corrected chi connectivity index (χ0v) is 12.7. The Morgan fingerprint density at radius 1 is 1.24 bits per heavy atom. The van der Waals surface area contributed by atoms with E-state index in [0.29, 0.717) is 0 Å². The van der Waals surface area contributed by atoms with E-state index in [-0.39, 0.29) is 6.04 Å². The summed E-state index contributed by atoms with van der Waals surface area (Å²) in [6.07, 6.45) is 1.84. The van der Waals surface area contributed by atoms with E-state index >= 15 is 0 Å². The van der Waals surface area contributed by atoms with Gasteiger partial charge in [-0.2, -0.15) is 5.10 Å². The number of rotatable bonds is 4. The van der Waals surface area contributed by atoms with Crippen LogP contribution in [0, 0.1) is 6.92 Å². The molecule has 1 N–H and O–H groups in total. The van der Waals surface area contributed by atoms with Crippen LogP contribution in [0.5, 0.6) is 0 Å². The smallest absolute Gasteiger partial charge is 0.0748 e. The second kappa shape index (κ2) is 5.66. The molecule has 4 nitrogen and oxygen atoms in total. The first kappa shape index (κ1) is 13.8. The molecule has 108 valence electrons. The van der Waals surface area contributed by atoms with Crippen molar-refractivity contribution in [2.24, 2.45) is 7.05 Å². The van der Waals surface area contributed by atoms with E-state index in [2.05, 4.69) is 52.7 Å². The van der Waals surface area contributed by atoms with Crippen molar-refractivity contribution in [3.63, 3.8) is 0 Å². The normalized spacial score (nSPS) is 12.7. The van der Waals surface area contributed by atoms with Crippen LogP contribution in [-0.4, -0.2) is 21.3 Å². The molecule has 0 amide bonds.